The largest absolute Gasteiger partial charge is 0.486 e. The molecule has 0 bridgehead atoms. The van der Waals surface area contributed by atoms with Crippen LogP contribution in [0.25, 0.3) is 6.08 Å². The highest BCUT2D eigenvalue weighted by atomic mass is 19.4. The van der Waals surface area contributed by atoms with Crippen molar-refractivity contribution in [2.75, 3.05) is 6.61 Å². The first kappa shape index (κ1) is 22.0. The van der Waals surface area contributed by atoms with Gasteiger partial charge < -0.3 is 14.6 Å². The normalized spacial score (nSPS) is 11.5. The van der Waals surface area contributed by atoms with Crippen LogP contribution < -0.4 is 9.47 Å². The fraction of sp³-hybridized carbons (Fsp3) is 0.125. The van der Waals surface area contributed by atoms with Gasteiger partial charge in [-0.05, 0) is 60.5 Å². The summed E-state index contributed by atoms with van der Waals surface area (Å²) < 4.78 is 49.4. The molecule has 0 amide bonds. The fourth-order valence-corrected chi connectivity index (χ4v) is 2.72. The number of ether oxygens (including phenoxy) is 2. The minimum Gasteiger partial charge on any atom is -0.486 e. The molecule has 0 radical (unpaired) electrons. The van der Waals surface area contributed by atoms with Crippen molar-refractivity contribution in [1.82, 2.24) is 0 Å². The highest BCUT2D eigenvalue weighted by Crippen LogP contribution is 2.33. The zero-order valence-electron chi connectivity index (χ0n) is 16.5. The molecule has 0 unspecified atom stereocenters. The summed E-state index contributed by atoms with van der Waals surface area (Å²) in [5, 5.41) is 9.17. The minimum absolute atomic E-state index is 0.110. The molecular formula is C24H19F3O4. The quantitative estimate of drug-likeness (QED) is 0.461. The molecule has 31 heavy (non-hydrogen) atoms. The number of para-hydroxylation sites is 2. The Bertz CT molecular complexity index is 1090. The minimum atomic E-state index is -4.36. The van der Waals surface area contributed by atoms with Crippen molar-refractivity contribution in [2.24, 2.45) is 0 Å². The lowest BCUT2D eigenvalue weighted by Crippen LogP contribution is -2.04. The first-order chi connectivity index (χ1) is 14.7. The van der Waals surface area contributed by atoms with E-state index in [2.05, 4.69) is 0 Å². The average Bonchev–Trinajstić information content (AvgIpc) is 2.73. The summed E-state index contributed by atoms with van der Waals surface area (Å²) in [6, 6.07) is 16.4. The molecule has 0 saturated carbocycles. The number of carbonyl (C=O) groups is 1. The van der Waals surface area contributed by atoms with Crippen molar-refractivity contribution in [3.05, 3.63) is 95.1 Å². The Morgan fingerprint density at radius 2 is 1.65 bits per heavy atom. The third kappa shape index (κ3) is 5.88. The van der Waals surface area contributed by atoms with Crippen LogP contribution in [0.4, 0.5) is 13.2 Å². The van der Waals surface area contributed by atoms with E-state index in [0.29, 0.717) is 22.8 Å². The number of benzene rings is 3. The van der Waals surface area contributed by atoms with Crippen LogP contribution in [0, 0.1) is 6.92 Å². The first-order valence-electron chi connectivity index (χ1n) is 9.31. The van der Waals surface area contributed by atoms with Gasteiger partial charge in [-0.2, -0.15) is 13.2 Å². The second kappa shape index (κ2) is 9.38. The standard InChI is InChI=1S/C24H19F3O4/c1-16-8-11-18(23(28)29)15-22(16)31-21-7-3-2-6-20(21)30-14-4-5-17-9-12-19(13-10-17)24(25,26)27/h2-13,15H,14H2,1H3,(H,28,29). The molecule has 0 spiro atoms. The summed E-state index contributed by atoms with van der Waals surface area (Å²) >= 11 is 0. The van der Waals surface area contributed by atoms with E-state index in [0.717, 1.165) is 17.7 Å². The van der Waals surface area contributed by atoms with Gasteiger partial charge in [-0.3, -0.25) is 0 Å². The molecule has 1 N–H and O–H groups in total. The van der Waals surface area contributed by atoms with Crippen LogP contribution in [0.15, 0.2) is 72.8 Å². The maximum Gasteiger partial charge on any atom is 0.416 e. The lowest BCUT2D eigenvalue weighted by atomic mass is 10.1. The smallest absolute Gasteiger partial charge is 0.416 e. The number of carboxylic acids is 1. The summed E-state index contributed by atoms with van der Waals surface area (Å²) in [4.78, 5) is 11.2. The fourth-order valence-electron chi connectivity index (χ4n) is 2.72. The van der Waals surface area contributed by atoms with Crippen LogP contribution in [-0.4, -0.2) is 17.7 Å². The molecule has 3 aromatic carbocycles. The van der Waals surface area contributed by atoms with E-state index in [4.69, 9.17) is 14.6 Å². The van der Waals surface area contributed by atoms with E-state index in [1.165, 1.54) is 24.3 Å². The van der Waals surface area contributed by atoms with Gasteiger partial charge in [0.2, 0.25) is 0 Å². The number of hydrogen-bond acceptors (Lipinski definition) is 3. The van der Waals surface area contributed by atoms with Gasteiger partial charge in [0.1, 0.15) is 12.4 Å². The zero-order valence-corrected chi connectivity index (χ0v) is 16.5. The summed E-state index contributed by atoms with van der Waals surface area (Å²) in [6.45, 7) is 1.97. The molecule has 0 atom stereocenters. The molecule has 7 heteroatoms. The van der Waals surface area contributed by atoms with E-state index >= 15 is 0 Å². The summed E-state index contributed by atoms with van der Waals surface area (Å²) in [5.74, 6) is 0.204. The Balaban J connectivity index is 1.67. The highest BCUT2D eigenvalue weighted by Gasteiger charge is 2.29. The maximum atomic E-state index is 12.6. The molecule has 0 saturated heterocycles. The SMILES string of the molecule is Cc1ccc(C(=O)O)cc1Oc1ccccc1OCC=Cc1ccc(C(F)(F)F)cc1. The summed E-state index contributed by atoms with van der Waals surface area (Å²) in [7, 11) is 0. The van der Waals surface area contributed by atoms with Crippen LogP contribution in [0.5, 0.6) is 17.2 Å². The molecule has 0 aliphatic carbocycles. The van der Waals surface area contributed by atoms with Crippen molar-refractivity contribution in [3.8, 4) is 17.2 Å². The lowest BCUT2D eigenvalue weighted by Gasteiger charge is -2.13. The number of carboxylic acid groups (broad SMARTS) is 1. The van der Waals surface area contributed by atoms with E-state index in [1.54, 1.807) is 49.4 Å². The molecule has 0 fully saturated rings. The number of aryl methyl sites for hydroxylation is 1. The predicted octanol–water partition coefficient (Wildman–Crippen LogP) is 6.60. The van der Waals surface area contributed by atoms with E-state index in [-0.39, 0.29) is 12.2 Å². The molecule has 0 heterocycles. The molecule has 3 rings (SSSR count). The van der Waals surface area contributed by atoms with Gasteiger partial charge in [0.25, 0.3) is 0 Å². The van der Waals surface area contributed by atoms with Crippen LogP contribution in [0.1, 0.15) is 27.0 Å². The van der Waals surface area contributed by atoms with Gasteiger partial charge in [0.15, 0.2) is 11.5 Å². The van der Waals surface area contributed by atoms with Crippen molar-refractivity contribution >= 4 is 12.0 Å². The second-order valence-electron chi connectivity index (χ2n) is 6.67. The molecule has 0 aliphatic rings. The maximum absolute atomic E-state index is 12.6. The topological polar surface area (TPSA) is 55.8 Å². The van der Waals surface area contributed by atoms with E-state index < -0.39 is 17.7 Å². The summed E-state index contributed by atoms with van der Waals surface area (Å²) in [6.07, 6.45) is -1.03. The number of rotatable bonds is 7. The Labute approximate surface area is 177 Å². The van der Waals surface area contributed by atoms with Crippen molar-refractivity contribution < 1.29 is 32.5 Å². The first-order valence-corrected chi connectivity index (χ1v) is 9.31. The van der Waals surface area contributed by atoms with Crippen LogP contribution in [0.3, 0.4) is 0 Å². The Morgan fingerprint density at radius 1 is 0.968 bits per heavy atom. The summed E-state index contributed by atoms with van der Waals surface area (Å²) in [5.41, 5.74) is 0.789. The van der Waals surface area contributed by atoms with Crippen molar-refractivity contribution in [2.45, 2.75) is 13.1 Å². The van der Waals surface area contributed by atoms with Gasteiger partial charge >= 0.3 is 12.1 Å². The second-order valence-corrected chi connectivity index (χ2v) is 6.67. The Hall–Kier alpha value is -3.74. The molecule has 0 aliphatic heterocycles. The molecule has 160 valence electrons. The van der Waals surface area contributed by atoms with Crippen LogP contribution >= 0.6 is 0 Å². The lowest BCUT2D eigenvalue weighted by molar-refractivity contribution is -0.137. The van der Waals surface area contributed by atoms with Gasteiger partial charge in [-0.1, -0.05) is 36.4 Å². The number of alkyl halides is 3. The number of hydrogen-bond donors (Lipinski definition) is 1. The van der Waals surface area contributed by atoms with Gasteiger partial charge in [-0.25, -0.2) is 4.79 Å². The Kier molecular flexibility index (Phi) is 6.65. The molecular weight excluding hydrogens is 409 g/mol. The van der Waals surface area contributed by atoms with Gasteiger partial charge in [0, 0.05) is 0 Å². The third-order valence-corrected chi connectivity index (χ3v) is 4.39. The van der Waals surface area contributed by atoms with E-state index in [1.807, 2.05) is 0 Å². The van der Waals surface area contributed by atoms with Crippen LogP contribution in [0.2, 0.25) is 0 Å². The molecule has 0 aromatic heterocycles. The third-order valence-electron chi connectivity index (χ3n) is 4.39. The van der Waals surface area contributed by atoms with E-state index in [9.17, 15) is 18.0 Å². The zero-order chi connectivity index (χ0) is 22.4. The van der Waals surface area contributed by atoms with Gasteiger partial charge in [0.05, 0.1) is 11.1 Å². The monoisotopic (exact) mass is 428 g/mol. The van der Waals surface area contributed by atoms with Crippen molar-refractivity contribution in [3.63, 3.8) is 0 Å². The van der Waals surface area contributed by atoms with Gasteiger partial charge in [-0.15, -0.1) is 0 Å². The molecule has 3 aromatic rings. The number of halogens is 3. The molecule has 4 nitrogen and oxygen atoms in total. The number of aromatic carboxylic acids is 1. The average molecular weight is 428 g/mol. The predicted molar refractivity (Wildman–Crippen MR) is 111 cm³/mol. The van der Waals surface area contributed by atoms with Crippen LogP contribution in [-0.2, 0) is 6.18 Å². The van der Waals surface area contributed by atoms with Crippen molar-refractivity contribution in [1.29, 1.82) is 0 Å². The Morgan fingerprint density at radius 3 is 2.29 bits per heavy atom. The highest BCUT2D eigenvalue weighted by molar-refractivity contribution is 5.88.